The SMILES string of the molecule is COC(=O)[C@H](N)c1ccc(Br)cc1OC.Cl. The van der Waals surface area contributed by atoms with E-state index in [0.29, 0.717) is 11.3 Å². The lowest BCUT2D eigenvalue weighted by Crippen LogP contribution is -2.23. The standard InChI is InChI=1S/C10H12BrNO3.ClH/c1-14-8-5-6(11)3-4-7(8)9(12)10(13)15-2;/h3-5,9H,12H2,1-2H3;1H/t9-;/m1./s1. The van der Waals surface area contributed by atoms with Crippen molar-refractivity contribution in [3.05, 3.63) is 28.2 Å². The van der Waals surface area contributed by atoms with Gasteiger partial charge in [-0.3, -0.25) is 4.79 Å². The average Bonchev–Trinajstić information content (AvgIpc) is 2.26. The van der Waals surface area contributed by atoms with E-state index in [9.17, 15) is 4.79 Å². The predicted octanol–water partition coefficient (Wildman–Crippen LogP) is 2.05. The highest BCUT2D eigenvalue weighted by Crippen LogP contribution is 2.27. The van der Waals surface area contributed by atoms with Crippen LogP contribution in [0.2, 0.25) is 0 Å². The second-order valence-electron chi connectivity index (χ2n) is 2.89. The van der Waals surface area contributed by atoms with E-state index in [1.807, 2.05) is 0 Å². The van der Waals surface area contributed by atoms with Crippen molar-refractivity contribution in [1.82, 2.24) is 0 Å². The molecule has 1 aromatic rings. The normalized spacial score (nSPS) is 11.2. The molecule has 4 nitrogen and oxygen atoms in total. The quantitative estimate of drug-likeness (QED) is 0.868. The largest absolute Gasteiger partial charge is 0.496 e. The van der Waals surface area contributed by atoms with Gasteiger partial charge in [0.15, 0.2) is 0 Å². The van der Waals surface area contributed by atoms with Crippen molar-refractivity contribution in [3.8, 4) is 5.75 Å². The molecule has 0 bridgehead atoms. The van der Waals surface area contributed by atoms with Crippen LogP contribution in [-0.4, -0.2) is 20.2 Å². The maximum Gasteiger partial charge on any atom is 0.327 e. The van der Waals surface area contributed by atoms with Crippen LogP contribution in [-0.2, 0) is 9.53 Å². The molecule has 1 rings (SSSR count). The van der Waals surface area contributed by atoms with Gasteiger partial charge in [0.2, 0.25) is 0 Å². The Balaban J connectivity index is 0.00000225. The fourth-order valence-corrected chi connectivity index (χ4v) is 1.54. The van der Waals surface area contributed by atoms with Gasteiger partial charge in [-0.1, -0.05) is 22.0 Å². The summed E-state index contributed by atoms with van der Waals surface area (Å²) in [4.78, 5) is 11.3. The number of halogens is 2. The van der Waals surface area contributed by atoms with E-state index in [1.54, 1.807) is 18.2 Å². The number of carbonyl (C=O) groups is 1. The molecule has 0 fully saturated rings. The zero-order valence-corrected chi connectivity index (χ0v) is 11.3. The van der Waals surface area contributed by atoms with Crippen LogP contribution < -0.4 is 10.5 Å². The first-order valence-electron chi connectivity index (χ1n) is 4.27. The van der Waals surface area contributed by atoms with Crippen LogP contribution in [0.1, 0.15) is 11.6 Å². The Morgan fingerprint density at radius 1 is 1.44 bits per heavy atom. The summed E-state index contributed by atoms with van der Waals surface area (Å²) in [6, 6.07) is 4.45. The fraction of sp³-hybridized carbons (Fsp3) is 0.300. The van der Waals surface area contributed by atoms with Gasteiger partial charge in [-0.15, -0.1) is 12.4 Å². The number of esters is 1. The molecule has 0 aliphatic heterocycles. The van der Waals surface area contributed by atoms with Gasteiger partial charge in [0.1, 0.15) is 11.8 Å². The lowest BCUT2D eigenvalue weighted by Gasteiger charge is -2.13. The van der Waals surface area contributed by atoms with Crippen molar-refractivity contribution in [2.24, 2.45) is 5.73 Å². The summed E-state index contributed by atoms with van der Waals surface area (Å²) in [5.74, 6) is 0.0675. The third-order valence-electron chi connectivity index (χ3n) is 1.99. The summed E-state index contributed by atoms with van der Waals surface area (Å²) in [5, 5.41) is 0. The third-order valence-corrected chi connectivity index (χ3v) is 2.48. The number of rotatable bonds is 3. The Morgan fingerprint density at radius 2 is 2.06 bits per heavy atom. The molecule has 1 aromatic carbocycles. The van der Waals surface area contributed by atoms with Gasteiger partial charge in [-0.2, -0.15) is 0 Å². The minimum atomic E-state index is -0.821. The van der Waals surface area contributed by atoms with Crippen molar-refractivity contribution < 1.29 is 14.3 Å². The summed E-state index contributed by atoms with van der Waals surface area (Å²) < 4.78 is 10.6. The van der Waals surface area contributed by atoms with Crippen LogP contribution in [0.4, 0.5) is 0 Å². The first-order chi connectivity index (χ1) is 7.10. The molecule has 1 atom stereocenters. The molecule has 0 spiro atoms. The van der Waals surface area contributed by atoms with Crippen molar-refractivity contribution in [3.63, 3.8) is 0 Å². The van der Waals surface area contributed by atoms with Crippen LogP contribution in [0.25, 0.3) is 0 Å². The molecule has 2 N–H and O–H groups in total. The van der Waals surface area contributed by atoms with Crippen molar-refractivity contribution in [2.75, 3.05) is 14.2 Å². The molecule has 0 aromatic heterocycles. The van der Waals surface area contributed by atoms with Gasteiger partial charge in [0.25, 0.3) is 0 Å². The van der Waals surface area contributed by atoms with Crippen molar-refractivity contribution >= 4 is 34.3 Å². The van der Waals surface area contributed by atoms with E-state index in [-0.39, 0.29) is 12.4 Å². The minimum absolute atomic E-state index is 0. The van der Waals surface area contributed by atoms with E-state index >= 15 is 0 Å². The predicted molar refractivity (Wildman–Crippen MR) is 66.9 cm³/mol. The number of benzene rings is 1. The first-order valence-corrected chi connectivity index (χ1v) is 5.06. The highest BCUT2D eigenvalue weighted by atomic mass is 79.9. The molecule has 0 amide bonds. The number of carbonyl (C=O) groups excluding carboxylic acids is 1. The third kappa shape index (κ3) is 3.37. The van der Waals surface area contributed by atoms with Crippen LogP contribution in [0.15, 0.2) is 22.7 Å². The molecule has 0 radical (unpaired) electrons. The number of hydrogen-bond donors (Lipinski definition) is 1. The highest BCUT2D eigenvalue weighted by Gasteiger charge is 2.20. The number of nitrogens with two attached hydrogens (primary N) is 1. The first kappa shape index (κ1) is 15.2. The Kier molecular flexibility index (Phi) is 6.40. The van der Waals surface area contributed by atoms with E-state index in [4.69, 9.17) is 10.5 Å². The molecule has 0 aliphatic rings. The Bertz CT molecular complexity index is 373. The van der Waals surface area contributed by atoms with Crippen LogP contribution in [0.3, 0.4) is 0 Å². The van der Waals surface area contributed by atoms with Crippen LogP contribution in [0.5, 0.6) is 5.75 Å². The van der Waals surface area contributed by atoms with Gasteiger partial charge in [-0.25, -0.2) is 0 Å². The smallest absolute Gasteiger partial charge is 0.327 e. The van der Waals surface area contributed by atoms with E-state index < -0.39 is 12.0 Å². The molecule has 16 heavy (non-hydrogen) atoms. The lowest BCUT2D eigenvalue weighted by molar-refractivity contribution is -0.142. The second kappa shape index (κ2) is 6.73. The van der Waals surface area contributed by atoms with Crippen molar-refractivity contribution in [2.45, 2.75) is 6.04 Å². The van der Waals surface area contributed by atoms with Crippen LogP contribution >= 0.6 is 28.3 Å². The molecule has 0 saturated carbocycles. The topological polar surface area (TPSA) is 61.5 Å². The maximum absolute atomic E-state index is 11.3. The molecular weight excluding hydrogens is 297 g/mol. The lowest BCUT2D eigenvalue weighted by atomic mass is 10.1. The van der Waals surface area contributed by atoms with Gasteiger partial charge in [-0.05, 0) is 12.1 Å². The summed E-state index contributed by atoms with van der Waals surface area (Å²) in [6.45, 7) is 0. The zero-order chi connectivity index (χ0) is 11.4. The molecular formula is C10H13BrClNO3. The minimum Gasteiger partial charge on any atom is -0.496 e. The molecule has 0 unspecified atom stereocenters. The summed E-state index contributed by atoms with van der Waals surface area (Å²) in [7, 11) is 2.82. The van der Waals surface area contributed by atoms with Crippen molar-refractivity contribution in [1.29, 1.82) is 0 Å². The molecule has 0 saturated heterocycles. The fourth-order valence-electron chi connectivity index (χ4n) is 1.20. The molecule has 90 valence electrons. The van der Waals surface area contributed by atoms with Gasteiger partial charge >= 0.3 is 5.97 Å². The van der Waals surface area contributed by atoms with Crippen LogP contribution in [0, 0.1) is 0 Å². The summed E-state index contributed by atoms with van der Waals surface area (Å²) in [6.07, 6.45) is 0. The Hall–Kier alpha value is -0.780. The summed E-state index contributed by atoms with van der Waals surface area (Å²) in [5.41, 5.74) is 6.31. The van der Waals surface area contributed by atoms with E-state index in [0.717, 1.165) is 4.47 Å². The Labute approximate surface area is 109 Å². The summed E-state index contributed by atoms with van der Waals surface area (Å²) >= 11 is 3.30. The zero-order valence-electron chi connectivity index (χ0n) is 8.90. The second-order valence-corrected chi connectivity index (χ2v) is 3.80. The number of methoxy groups -OCH3 is 2. The van der Waals surface area contributed by atoms with Gasteiger partial charge < -0.3 is 15.2 Å². The van der Waals surface area contributed by atoms with Gasteiger partial charge in [0, 0.05) is 10.0 Å². The maximum atomic E-state index is 11.3. The number of ether oxygens (including phenoxy) is 2. The molecule has 0 heterocycles. The van der Waals surface area contributed by atoms with E-state index in [1.165, 1.54) is 14.2 Å². The molecule has 6 heteroatoms. The monoisotopic (exact) mass is 309 g/mol. The molecule has 0 aliphatic carbocycles. The van der Waals surface area contributed by atoms with Gasteiger partial charge in [0.05, 0.1) is 14.2 Å². The Morgan fingerprint density at radius 3 is 2.56 bits per heavy atom. The highest BCUT2D eigenvalue weighted by molar-refractivity contribution is 9.10. The van der Waals surface area contributed by atoms with E-state index in [2.05, 4.69) is 20.7 Å². The number of hydrogen-bond acceptors (Lipinski definition) is 4. The average molecular weight is 311 g/mol.